The lowest BCUT2D eigenvalue weighted by Crippen LogP contribution is -2.25. The van der Waals surface area contributed by atoms with Crippen LogP contribution in [0.2, 0.25) is 0 Å². The van der Waals surface area contributed by atoms with Crippen molar-refractivity contribution < 1.29 is 10.2 Å². The minimum Gasteiger partial charge on any atom is -0.393 e. The summed E-state index contributed by atoms with van der Waals surface area (Å²) >= 11 is 0. The molecule has 138 valence electrons. The molecule has 4 heterocycles. The van der Waals surface area contributed by atoms with E-state index in [9.17, 15) is 9.90 Å². The van der Waals surface area contributed by atoms with Gasteiger partial charge in [0.15, 0.2) is 0 Å². The molecular weight excluding hydrogens is 338 g/mol. The molecule has 4 rings (SSSR count). The third kappa shape index (κ3) is 3.14. The number of aliphatic hydroxyl groups excluding tert-OH is 2. The Morgan fingerprint density at radius 2 is 2.15 bits per heavy atom. The molecule has 0 spiro atoms. The van der Waals surface area contributed by atoms with Crippen molar-refractivity contribution >= 4 is 5.78 Å². The van der Waals surface area contributed by atoms with Gasteiger partial charge in [-0.05, 0) is 19.4 Å². The molecule has 0 fully saturated rings. The van der Waals surface area contributed by atoms with E-state index in [1.807, 2.05) is 10.7 Å². The number of aliphatic hydroxyl groups is 2. The molecule has 1 aliphatic heterocycles. The molecule has 0 saturated carbocycles. The summed E-state index contributed by atoms with van der Waals surface area (Å²) in [7, 11) is 0. The van der Waals surface area contributed by atoms with E-state index < -0.39 is 6.10 Å². The maximum absolute atomic E-state index is 12.2. The second-order valence-electron chi connectivity index (χ2n) is 6.58. The average molecular weight is 359 g/mol. The van der Waals surface area contributed by atoms with E-state index in [2.05, 4.69) is 25.1 Å². The summed E-state index contributed by atoms with van der Waals surface area (Å²) in [5, 5.41) is 26.1. The second kappa shape index (κ2) is 6.63. The first kappa shape index (κ1) is 16.9. The number of hydrogen-bond donors (Lipinski definition) is 3. The minimum atomic E-state index is -0.963. The van der Waals surface area contributed by atoms with Crippen molar-refractivity contribution in [2.75, 3.05) is 13.2 Å². The first-order valence-corrected chi connectivity index (χ1v) is 8.56. The number of nitrogens with zero attached hydrogens (tertiary/aromatic N) is 6. The highest BCUT2D eigenvalue weighted by Crippen LogP contribution is 2.19. The van der Waals surface area contributed by atoms with Crippen LogP contribution in [0.15, 0.2) is 16.9 Å². The van der Waals surface area contributed by atoms with Gasteiger partial charge in [-0.15, -0.1) is 0 Å². The molecule has 0 aliphatic carbocycles. The van der Waals surface area contributed by atoms with E-state index in [1.165, 1.54) is 10.6 Å². The van der Waals surface area contributed by atoms with Crippen molar-refractivity contribution in [3.8, 4) is 0 Å². The molecule has 0 saturated heterocycles. The van der Waals surface area contributed by atoms with Gasteiger partial charge in [-0.3, -0.25) is 19.5 Å². The summed E-state index contributed by atoms with van der Waals surface area (Å²) in [5.41, 5.74) is 1.94. The Bertz CT molecular complexity index is 990. The lowest BCUT2D eigenvalue weighted by atomic mass is 10.2. The molecule has 3 aromatic heterocycles. The molecule has 3 N–H and O–H groups in total. The lowest BCUT2D eigenvalue weighted by molar-refractivity contribution is 0.0916. The molecular formula is C16H21N7O3. The fourth-order valence-electron chi connectivity index (χ4n) is 3.29. The van der Waals surface area contributed by atoms with E-state index in [1.54, 1.807) is 6.92 Å². The Balaban J connectivity index is 1.57. The highest BCUT2D eigenvalue weighted by molar-refractivity contribution is 5.27. The number of aromatic nitrogens is 6. The normalized spacial score (nSPS) is 16.6. The molecule has 0 radical (unpaired) electrons. The number of hydrogen-bond acceptors (Lipinski definition) is 7. The smallest absolute Gasteiger partial charge is 0.274 e. The van der Waals surface area contributed by atoms with E-state index in [4.69, 9.17) is 5.11 Å². The van der Waals surface area contributed by atoms with Gasteiger partial charge in [0.2, 0.25) is 0 Å². The van der Waals surface area contributed by atoms with E-state index in [-0.39, 0.29) is 12.2 Å². The zero-order valence-electron chi connectivity index (χ0n) is 14.5. The van der Waals surface area contributed by atoms with Gasteiger partial charge in [-0.25, -0.2) is 4.98 Å². The molecule has 0 amide bonds. The van der Waals surface area contributed by atoms with E-state index in [0.717, 1.165) is 25.2 Å². The van der Waals surface area contributed by atoms with Gasteiger partial charge in [-0.2, -0.15) is 14.6 Å². The molecule has 1 atom stereocenters. The predicted octanol–water partition coefficient (Wildman–Crippen LogP) is -0.646. The van der Waals surface area contributed by atoms with Gasteiger partial charge in [0, 0.05) is 32.2 Å². The van der Waals surface area contributed by atoms with Crippen LogP contribution in [0, 0.1) is 6.92 Å². The second-order valence-corrected chi connectivity index (χ2v) is 6.58. The number of aromatic amines is 1. The van der Waals surface area contributed by atoms with Crippen LogP contribution in [0.25, 0.3) is 5.78 Å². The number of nitrogens with one attached hydrogen (secondary N) is 1. The Kier molecular flexibility index (Phi) is 4.31. The quantitative estimate of drug-likeness (QED) is 0.565. The first-order chi connectivity index (χ1) is 12.5. The van der Waals surface area contributed by atoms with Gasteiger partial charge in [0.25, 0.3) is 11.3 Å². The van der Waals surface area contributed by atoms with Crippen LogP contribution in [0.3, 0.4) is 0 Å². The van der Waals surface area contributed by atoms with Crippen LogP contribution in [0.4, 0.5) is 0 Å². The zero-order chi connectivity index (χ0) is 18.3. The topological polar surface area (TPSA) is 125 Å². The molecule has 10 heteroatoms. The summed E-state index contributed by atoms with van der Waals surface area (Å²) in [6, 6.07) is 3.34. The number of aryl methyl sites for hydroxylation is 2. The summed E-state index contributed by atoms with van der Waals surface area (Å²) in [4.78, 5) is 23.1. The van der Waals surface area contributed by atoms with Gasteiger partial charge < -0.3 is 10.2 Å². The van der Waals surface area contributed by atoms with Gasteiger partial charge in [0.1, 0.15) is 11.9 Å². The van der Waals surface area contributed by atoms with Crippen LogP contribution in [-0.4, -0.2) is 57.6 Å². The summed E-state index contributed by atoms with van der Waals surface area (Å²) < 4.78 is 3.20. The van der Waals surface area contributed by atoms with Crippen LogP contribution in [-0.2, 0) is 19.6 Å². The maximum atomic E-state index is 12.2. The Hall–Kier alpha value is -2.56. The highest BCUT2D eigenvalue weighted by atomic mass is 16.3. The van der Waals surface area contributed by atoms with Crippen LogP contribution >= 0.6 is 0 Å². The molecule has 1 unspecified atom stereocenters. The van der Waals surface area contributed by atoms with Crippen LogP contribution in [0.1, 0.15) is 35.4 Å². The fraction of sp³-hybridized carbons (Fsp3) is 0.500. The summed E-state index contributed by atoms with van der Waals surface area (Å²) in [5.74, 6) is 1.01. The summed E-state index contributed by atoms with van der Waals surface area (Å²) in [6.45, 7) is 4.19. The number of fused-ring (bicyclic) bond motifs is 2. The third-order valence-electron chi connectivity index (χ3n) is 4.51. The van der Waals surface area contributed by atoms with Gasteiger partial charge in [0.05, 0.1) is 23.7 Å². The summed E-state index contributed by atoms with van der Waals surface area (Å²) in [6.07, 6.45) is -0.0681. The number of H-pyrrole nitrogens is 1. The molecule has 3 aromatic rings. The largest absolute Gasteiger partial charge is 0.393 e. The van der Waals surface area contributed by atoms with Crippen molar-refractivity contribution in [1.82, 2.24) is 34.3 Å². The van der Waals surface area contributed by atoms with Gasteiger partial charge in [-0.1, -0.05) is 0 Å². The SMILES string of the molecule is Cc1nc2nc(CN3CCCn4nc(C(O)CO)cc4C3)cc(=O)n2[nH]1. The maximum Gasteiger partial charge on any atom is 0.274 e. The average Bonchev–Trinajstić information content (AvgIpc) is 3.12. The van der Waals surface area contributed by atoms with Crippen molar-refractivity contribution in [3.63, 3.8) is 0 Å². The van der Waals surface area contributed by atoms with E-state index >= 15 is 0 Å². The third-order valence-corrected chi connectivity index (χ3v) is 4.51. The minimum absolute atomic E-state index is 0.182. The van der Waals surface area contributed by atoms with Crippen molar-refractivity contribution in [2.45, 2.75) is 39.1 Å². The van der Waals surface area contributed by atoms with Gasteiger partial charge >= 0.3 is 0 Å². The zero-order valence-corrected chi connectivity index (χ0v) is 14.5. The highest BCUT2D eigenvalue weighted by Gasteiger charge is 2.20. The predicted molar refractivity (Wildman–Crippen MR) is 91.3 cm³/mol. The van der Waals surface area contributed by atoms with Crippen molar-refractivity contribution in [1.29, 1.82) is 0 Å². The monoisotopic (exact) mass is 359 g/mol. The van der Waals surface area contributed by atoms with Crippen LogP contribution in [0.5, 0.6) is 0 Å². The van der Waals surface area contributed by atoms with E-state index in [0.29, 0.717) is 36.1 Å². The van der Waals surface area contributed by atoms with Crippen molar-refractivity contribution in [2.24, 2.45) is 0 Å². The lowest BCUT2D eigenvalue weighted by Gasteiger charge is -2.18. The molecule has 0 aromatic carbocycles. The Morgan fingerprint density at radius 3 is 2.96 bits per heavy atom. The van der Waals surface area contributed by atoms with Crippen molar-refractivity contribution in [3.05, 3.63) is 45.4 Å². The fourth-order valence-corrected chi connectivity index (χ4v) is 3.29. The standard InChI is InChI=1S/C16H21N7O3/c1-10-17-16-18-11(5-15(26)23(16)19-10)7-21-3-2-4-22-12(8-21)6-13(20-22)14(25)9-24/h5-6,14,24-25H,2-4,7-9H2,1H3,(H,17,18,19). The van der Waals surface area contributed by atoms with Crippen LogP contribution < -0.4 is 5.56 Å². The molecule has 26 heavy (non-hydrogen) atoms. The number of rotatable bonds is 4. The molecule has 10 nitrogen and oxygen atoms in total. The Morgan fingerprint density at radius 1 is 1.31 bits per heavy atom. The first-order valence-electron chi connectivity index (χ1n) is 8.56. The Labute approximate surface area is 148 Å². The molecule has 0 bridgehead atoms. The molecule has 1 aliphatic rings.